The van der Waals surface area contributed by atoms with Gasteiger partial charge in [-0.25, -0.2) is 13.4 Å². The number of nitrogen functional groups attached to an aromatic ring is 1. The molecule has 7 nitrogen and oxygen atoms in total. The fourth-order valence-electron chi connectivity index (χ4n) is 2.10. The second-order valence-corrected chi connectivity index (χ2v) is 6.03. The molecular weight excluding hydrogens is 268 g/mol. The summed E-state index contributed by atoms with van der Waals surface area (Å²) in [6.07, 6.45) is 1.77. The number of pyridine rings is 1. The van der Waals surface area contributed by atoms with E-state index >= 15 is 0 Å². The molecule has 3 N–H and O–H groups in total. The topological polar surface area (TPSA) is 105 Å². The molecule has 1 aromatic heterocycles. The molecule has 0 aromatic carbocycles. The van der Waals surface area contributed by atoms with Gasteiger partial charge in [0.1, 0.15) is 6.04 Å². The van der Waals surface area contributed by atoms with Crippen LogP contribution in [0.4, 0.5) is 5.69 Å². The van der Waals surface area contributed by atoms with Crippen molar-refractivity contribution < 1.29 is 13.2 Å². The van der Waals surface area contributed by atoms with E-state index in [1.807, 2.05) is 0 Å². The van der Waals surface area contributed by atoms with Crippen LogP contribution in [0.15, 0.2) is 23.4 Å². The fraction of sp³-hybridized carbons (Fsp3) is 0.455. The lowest BCUT2D eigenvalue weighted by atomic mass is 10.2. The van der Waals surface area contributed by atoms with E-state index in [9.17, 15) is 13.2 Å². The first-order valence-electron chi connectivity index (χ1n) is 5.98. The zero-order valence-corrected chi connectivity index (χ0v) is 11.4. The molecule has 1 unspecified atom stereocenters. The molecule has 8 heteroatoms. The molecule has 19 heavy (non-hydrogen) atoms. The summed E-state index contributed by atoms with van der Waals surface area (Å²) in [5.41, 5.74) is 5.75. The average molecular weight is 284 g/mol. The van der Waals surface area contributed by atoms with E-state index in [0.29, 0.717) is 13.0 Å². The van der Waals surface area contributed by atoms with E-state index < -0.39 is 16.1 Å². The number of aromatic nitrogens is 1. The number of piperazine rings is 1. The first kappa shape index (κ1) is 13.8. The van der Waals surface area contributed by atoms with Crippen LogP contribution < -0.4 is 11.1 Å². The quantitative estimate of drug-likeness (QED) is 0.783. The number of anilines is 1. The Morgan fingerprint density at radius 2 is 2.32 bits per heavy atom. The number of hydrogen-bond acceptors (Lipinski definition) is 5. The number of nitrogens with zero attached hydrogens (tertiary/aromatic N) is 2. The summed E-state index contributed by atoms with van der Waals surface area (Å²) < 4.78 is 26.2. The molecule has 1 amide bonds. The Morgan fingerprint density at radius 3 is 2.95 bits per heavy atom. The van der Waals surface area contributed by atoms with Gasteiger partial charge >= 0.3 is 0 Å². The first-order valence-corrected chi connectivity index (χ1v) is 7.42. The van der Waals surface area contributed by atoms with Crippen LogP contribution in [0.25, 0.3) is 0 Å². The van der Waals surface area contributed by atoms with Gasteiger partial charge in [0.25, 0.3) is 10.0 Å². The lowest BCUT2D eigenvalue weighted by Gasteiger charge is -2.33. The molecule has 104 valence electrons. The molecule has 2 rings (SSSR count). The minimum atomic E-state index is -3.85. The van der Waals surface area contributed by atoms with Crippen molar-refractivity contribution in [3.8, 4) is 0 Å². The Kier molecular flexibility index (Phi) is 3.72. The highest BCUT2D eigenvalue weighted by molar-refractivity contribution is 7.89. The monoisotopic (exact) mass is 284 g/mol. The number of rotatable bonds is 3. The first-order chi connectivity index (χ1) is 8.98. The molecule has 0 aliphatic carbocycles. The van der Waals surface area contributed by atoms with E-state index in [4.69, 9.17) is 5.73 Å². The van der Waals surface area contributed by atoms with Crippen LogP contribution in [-0.2, 0) is 14.8 Å². The Labute approximate surface area is 111 Å². The van der Waals surface area contributed by atoms with E-state index in [-0.39, 0.29) is 23.2 Å². The van der Waals surface area contributed by atoms with Crippen molar-refractivity contribution in [1.82, 2.24) is 14.6 Å². The predicted octanol–water partition coefficient (Wildman–Crippen LogP) is -0.437. The smallest absolute Gasteiger partial charge is 0.263 e. The molecular formula is C11H16N4O3S. The Balaban J connectivity index is 2.44. The second-order valence-electron chi connectivity index (χ2n) is 4.23. The molecule has 1 aliphatic heterocycles. The van der Waals surface area contributed by atoms with Crippen LogP contribution in [0.2, 0.25) is 0 Å². The van der Waals surface area contributed by atoms with Gasteiger partial charge in [0.2, 0.25) is 5.91 Å². The molecule has 1 atom stereocenters. The maximum absolute atomic E-state index is 12.5. The van der Waals surface area contributed by atoms with Crippen LogP contribution >= 0.6 is 0 Å². The summed E-state index contributed by atoms with van der Waals surface area (Å²) in [4.78, 5) is 15.6. The maximum Gasteiger partial charge on any atom is 0.263 e. The molecule has 1 fully saturated rings. The van der Waals surface area contributed by atoms with E-state index in [1.54, 1.807) is 13.0 Å². The highest BCUT2D eigenvalue weighted by Gasteiger charge is 2.38. The van der Waals surface area contributed by atoms with Gasteiger partial charge in [-0.2, -0.15) is 4.31 Å². The minimum Gasteiger partial charge on any atom is -0.396 e. The molecule has 1 aromatic rings. The fourth-order valence-corrected chi connectivity index (χ4v) is 3.79. The van der Waals surface area contributed by atoms with E-state index in [0.717, 1.165) is 0 Å². The average Bonchev–Trinajstić information content (AvgIpc) is 2.38. The van der Waals surface area contributed by atoms with Crippen LogP contribution in [0, 0.1) is 0 Å². The van der Waals surface area contributed by atoms with E-state index in [2.05, 4.69) is 10.3 Å². The van der Waals surface area contributed by atoms with Crippen molar-refractivity contribution in [2.24, 2.45) is 0 Å². The molecule has 0 bridgehead atoms. The second kappa shape index (κ2) is 5.14. The number of sulfonamides is 1. The maximum atomic E-state index is 12.5. The zero-order chi connectivity index (χ0) is 14.0. The van der Waals surface area contributed by atoms with Gasteiger partial charge in [-0.15, -0.1) is 0 Å². The lowest BCUT2D eigenvalue weighted by Crippen LogP contribution is -2.56. The number of hydrogen-bond donors (Lipinski definition) is 2. The van der Waals surface area contributed by atoms with Gasteiger partial charge in [0.05, 0.1) is 5.69 Å². The van der Waals surface area contributed by atoms with Gasteiger partial charge in [-0.05, 0) is 18.6 Å². The van der Waals surface area contributed by atoms with Crippen molar-refractivity contribution in [3.63, 3.8) is 0 Å². The summed E-state index contributed by atoms with van der Waals surface area (Å²) in [6.45, 7) is 2.28. The third kappa shape index (κ3) is 2.41. The van der Waals surface area contributed by atoms with Crippen LogP contribution in [-0.4, -0.2) is 42.7 Å². The molecule has 0 radical (unpaired) electrons. The predicted molar refractivity (Wildman–Crippen MR) is 69.6 cm³/mol. The number of amides is 1. The Hall–Kier alpha value is -1.67. The lowest BCUT2D eigenvalue weighted by molar-refractivity contribution is -0.126. The number of nitrogens with two attached hydrogens (primary N) is 1. The van der Waals surface area contributed by atoms with E-state index in [1.165, 1.54) is 16.6 Å². The number of nitrogens with one attached hydrogen (secondary N) is 1. The molecule has 1 aliphatic rings. The molecule has 1 saturated heterocycles. The van der Waals surface area contributed by atoms with Gasteiger partial charge in [0.15, 0.2) is 5.03 Å². The summed E-state index contributed by atoms with van der Waals surface area (Å²) in [6, 6.07) is 2.33. The van der Waals surface area contributed by atoms with Gasteiger partial charge in [-0.3, -0.25) is 4.79 Å². The standard InChI is InChI=1S/C11H16N4O3S/c1-2-9-10(16)13-6-7-15(9)19(17,18)11-8(12)4-3-5-14-11/h3-5,9H,2,6-7,12H2,1H3,(H,13,16). The van der Waals surface area contributed by atoms with Crippen molar-refractivity contribution in [1.29, 1.82) is 0 Å². The zero-order valence-electron chi connectivity index (χ0n) is 10.5. The van der Waals surface area contributed by atoms with Gasteiger partial charge < -0.3 is 11.1 Å². The SMILES string of the molecule is CCC1C(=O)NCCN1S(=O)(=O)c1ncccc1N. The van der Waals surface area contributed by atoms with Crippen molar-refractivity contribution in [2.45, 2.75) is 24.4 Å². The summed E-state index contributed by atoms with van der Waals surface area (Å²) in [5.74, 6) is -0.285. The summed E-state index contributed by atoms with van der Waals surface area (Å²) >= 11 is 0. The summed E-state index contributed by atoms with van der Waals surface area (Å²) in [7, 11) is -3.85. The van der Waals surface area contributed by atoms with Gasteiger partial charge in [-0.1, -0.05) is 6.92 Å². The molecule has 0 saturated carbocycles. The Bertz CT molecular complexity index is 587. The third-order valence-corrected chi connectivity index (χ3v) is 4.91. The molecule has 2 heterocycles. The Morgan fingerprint density at radius 1 is 1.58 bits per heavy atom. The minimum absolute atomic E-state index is 0.0864. The molecule has 0 spiro atoms. The number of carbonyl (C=O) groups excluding carboxylic acids is 1. The van der Waals surface area contributed by atoms with Crippen LogP contribution in [0.3, 0.4) is 0 Å². The summed E-state index contributed by atoms with van der Waals surface area (Å²) in [5, 5.41) is 2.46. The largest absolute Gasteiger partial charge is 0.396 e. The highest BCUT2D eigenvalue weighted by Crippen LogP contribution is 2.23. The normalized spacial score (nSPS) is 21.1. The van der Waals surface area contributed by atoms with Crippen molar-refractivity contribution in [3.05, 3.63) is 18.3 Å². The number of carbonyl (C=O) groups is 1. The van der Waals surface area contributed by atoms with Crippen LogP contribution in [0.1, 0.15) is 13.3 Å². The van der Waals surface area contributed by atoms with Crippen molar-refractivity contribution >= 4 is 21.6 Å². The van der Waals surface area contributed by atoms with Crippen LogP contribution in [0.5, 0.6) is 0 Å². The third-order valence-electron chi connectivity index (χ3n) is 3.02. The highest BCUT2D eigenvalue weighted by atomic mass is 32.2. The van der Waals surface area contributed by atoms with Crippen molar-refractivity contribution in [2.75, 3.05) is 18.8 Å². The van der Waals surface area contributed by atoms with Gasteiger partial charge in [0, 0.05) is 19.3 Å².